The second kappa shape index (κ2) is 9.78. The lowest BCUT2D eigenvalue weighted by Crippen LogP contribution is -2.50. The Hall–Kier alpha value is -3.45. The van der Waals surface area contributed by atoms with Crippen LogP contribution in [0.15, 0.2) is 95.9 Å². The number of benzene rings is 3. The molecule has 0 fully saturated rings. The topological polar surface area (TPSA) is 101 Å². The van der Waals surface area contributed by atoms with Crippen LogP contribution in [0.1, 0.15) is 24.5 Å². The minimum absolute atomic E-state index is 0.119. The number of nitrogens with one attached hydrogen (secondary N) is 1. The molecule has 0 aliphatic heterocycles. The highest BCUT2D eigenvalue weighted by Gasteiger charge is 2.39. The minimum Gasteiger partial charge on any atom is -0.480 e. The smallest absolute Gasteiger partial charge is 0.326 e. The van der Waals surface area contributed by atoms with E-state index in [9.17, 15) is 23.1 Å². The van der Waals surface area contributed by atoms with Gasteiger partial charge in [-0.3, -0.25) is 4.79 Å². The molecule has 166 valence electrons. The quantitative estimate of drug-likeness (QED) is 0.519. The third-order valence-corrected chi connectivity index (χ3v) is 7.30. The van der Waals surface area contributed by atoms with Crippen molar-refractivity contribution in [2.45, 2.75) is 29.7 Å². The first kappa shape index (κ1) is 23.2. The van der Waals surface area contributed by atoms with E-state index in [2.05, 4.69) is 5.32 Å². The summed E-state index contributed by atoms with van der Waals surface area (Å²) in [7, 11) is -3.68. The number of amides is 1. The third-order valence-electron chi connectivity index (χ3n) is 5.54. The van der Waals surface area contributed by atoms with Gasteiger partial charge in [0.05, 0.1) is 16.1 Å². The molecule has 0 heterocycles. The first-order chi connectivity index (χ1) is 15.2. The molecule has 3 aromatic rings. The van der Waals surface area contributed by atoms with E-state index < -0.39 is 38.9 Å². The molecule has 32 heavy (non-hydrogen) atoms. The first-order valence-electron chi connectivity index (χ1n) is 10.2. The molecule has 0 saturated heterocycles. The molecular weight excluding hydrogens is 426 g/mol. The zero-order valence-corrected chi connectivity index (χ0v) is 18.5. The average molecular weight is 452 g/mol. The van der Waals surface area contributed by atoms with E-state index >= 15 is 0 Å². The summed E-state index contributed by atoms with van der Waals surface area (Å²) < 4.78 is 25.2. The van der Waals surface area contributed by atoms with E-state index in [0.29, 0.717) is 11.1 Å². The molecule has 6 nitrogen and oxygen atoms in total. The summed E-state index contributed by atoms with van der Waals surface area (Å²) in [6.45, 7) is 1.73. The zero-order valence-electron chi connectivity index (χ0n) is 17.6. The molecule has 0 aliphatic rings. The van der Waals surface area contributed by atoms with Gasteiger partial charge in [0.25, 0.3) is 0 Å². The zero-order chi connectivity index (χ0) is 23.2. The minimum atomic E-state index is -3.68. The number of aliphatic carboxylic acids is 1. The molecule has 1 atom stereocenters. The molecule has 0 aromatic heterocycles. The van der Waals surface area contributed by atoms with Gasteiger partial charge in [-0.15, -0.1) is 0 Å². The Morgan fingerprint density at radius 2 is 1.28 bits per heavy atom. The normalized spacial score (nSPS) is 12.7. The van der Waals surface area contributed by atoms with E-state index in [4.69, 9.17) is 0 Å². The van der Waals surface area contributed by atoms with Gasteiger partial charge in [-0.05, 0) is 36.6 Å². The molecule has 0 unspecified atom stereocenters. The van der Waals surface area contributed by atoms with Crippen LogP contribution >= 0.6 is 0 Å². The van der Waals surface area contributed by atoms with Gasteiger partial charge in [-0.1, -0.05) is 78.9 Å². The Morgan fingerprint density at radius 3 is 1.72 bits per heavy atom. The highest BCUT2D eigenvalue weighted by atomic mass is 32.2. The van der Waals surface area contributed by atoms with Crippen molar-refractivity contribution in [3.05, 3.63) is 102 Å². The van der Waals surface area contributed by atoms with Crippen molar-refractivity contribution < 1.29 is 23.1 Å². The van der Waals surface area contributed by atoms with Crippen LogP contribution in [0.4, 0.5) is 0 Å². The molecule has 0 bridgehead atoms. The monoisotopic (exact) mass is 451 g/mol. The van der Waals surface area contributed by atoms with E-state index in [1.165, 1.54) is 12.1 Å². The van der Waals surface area contributed by atoms with Gasteiger partial charge in [0.1, 0.15) is 6.04 Å². The van der Waals surface area contributed by atoms with Crippen LogP contribution in [0.3, 0.4) is 0 Å². The summed E-state index contributed by atoms with van der Waals surface area (Å²) >= 11 is 0. The predicted octanol–water partition coefficient (Wildman–Crippen LogP) is 3.43. The Morgan fingerprint density at radius 1 is 0.844 bits per heavy atom. The van der Waals surface area contributed by atoms with Crippen LogP contribution < -0.4 is 5.32 Å². The van der Waals surface area contributed by atoms with Gasteiger partial charge < -0.3 is 10.4 Å². The number of rotatable bonds is 9. The largest absolute Gasteiger partial charge is 0.480 e. The van der Waals surface area contributed by atoms with Gasteiger partial charge >= 0.3 is 5.97 Å². The van der Waals surface area contributed by atoms with Crippen molar-refractivity contribution in [2.24, 2.45) is 0 Å². The number of carbonyl (C=O) groups excluding carboxylic acids is 1. The van der Waals surface area contributed by atoms with Crippen LogP contribution in [-0.2, 0) is 24.8 Å². The predicted molar refractivity (Wildman–Crippen MR) is 122 cm³/mol. The third kappa shape index (κ3) is 5.06. The number of carbonyl (C=O) groups is 2. The Bertz CT molecular complexity index is 1120. The lowest BCUT2D eigenvalue weighted by molar-refractivity contribution is -0.142. The van der Waals surface area contributed by atoms with Gasteiger partial charge in [-0.25, -0.2) is 13.2 Å². The number of carboxylic acids is 1. The van der Waals surface area contributed by atoms with Crippen LogP contribution in [0.5, 0.6) is 0 Å². The average Bonchev–Trinajstić information content (AvgIpc) is 2.82. The van der Waals surface area contributed by atoms with Gasteiger partial charge in [0.2, 0.25) is 5.91 Å². The van der Waals surface area contributed by atoms with Crippen molar-refractivity contribution in [1.29, 1.82) is 0 Å². The molecule has 0 spiro atoms. The Kier molecular flexibility index (Phi) is 7.10. The number of sulfone groups is 1. The molecule has 3 rings (SSSR count). The molecule has 0 radical (unpaired) electrons. The summed E-state index contributed by atoms with van der Waals surface area (Å²) in [5, 5.41) is 12.3. The molecule has 0 saturated carbocycles. The molecule has 2 N–H and O–H groups in total. The highest BCUT2D eigenvalue weighted by Crippen LogP contribution is 2.32. The van der Waals surface area contributed by atoms with E-state index in [1.54, 1.807) is 25.1 Å². The number of hydrogen-bond acceptors (Lipinski definition) is 4. The van der Waals surface area contributed by atoms with Crippen LogP contribution in [0.2, 0.25) is 0 Å². The summed E-state index contributed by atoms with van der Waals surface area (Å²) in [6, 6.07) is 24.6. The van der Waals surface area contributed by atoms with E-state index in [0.717, 1.165) is 0 Å². The van der Waals surface area contributed by atoms with Crippen molar-refractivity contribution >= 4 is 21.7 Å². The fraction of sp³-hybridized carbons (Fsp3) is 0.200. The Labute approximate surface area is 187 Å². The molecule has 3 aromatic carbocycles. The highest BCUT2D eigenvalue weighted by molar-refractivity contribution is 7.91. The summed E-state index contributed by atoms with van der Waals surface area (Å²) in [4.78, 5) is 25.4. The SMILES string of the molecule is CC(C(=O)N[C@@H](CCS(=O)(=O)c1ccccc1)C(=O)O)(c1ccccc1)c1ccccc1. The second-order valence-electron chi connectivity index (χ2n) is 7.64. The number of hydrogen-bond donors (Lipinski definition) is 2. The van der Waals surface area contributed by atoms with E-state index in [1.807, 2.05) is 60.7 Å². The Balaban J connectivity index is 1.86. The summed E-state index contributed by atoms with van der Waals surface area (Å²) in [5.41, 5.74) is 0.239. The standard InChI is InChI=1S/C25H25NO5S/c1-25(19-11-5-2-6-12-19,20-13-7-3-8-14-20)24(29)26-22(23(27)28)17-18-32(30,31)21-15-9-4-10-16-21/h2-16,22H,17-18H2,1H3,(H,26,29)(H,27,28)/t22-/m0/s1. The van der Waals surface area contributed by atoms with Crippen molar-refractivity contribution in [3.63, 3.8) is 0 Å². The molecule has 1 amide bonds. The molecular formula is C25H25NO5S. The first-order valence-corrected chi connectivity index (χ1v) is 11.8. The maximum Gasteiger partial charge on any atom is 0.326 e. The van der Waals surface area contributed by atoms with Crippen molar-refractivity contribution in [3.8, 4) is 0 Å². The van der Waals surface area contributed by atoms with Gasteiger partial charge in [-0.2, -0.15) is 0 Å². The van der Waals surface area contributed by atoms with Crippen LogP contribution in [0.25, 0.3) is 0 Å². The summed E-state index contributed by atoms with van der Waals surface area (Å²) in [6.07, 6.45) is -0.252. The van der Waals surface area contributed by atoms with Crippen LogP contribution in [-0.4, -0.2) is 37.2 Å². The van der Waals surface area contributed by atoms with Gasteiger partial charge in [0.15, 0.2) is 9.84 Å². The molecule has 0 aliphatic carbocycles. The van der Waals surface area contributed by atoms with Crippen molar-refractivity contribution in [1.82, 2.24) is 5.32 Å². The lowest BCUT2D eigenvalue weighted by Gasteiger charge is -2.31. The number of carboxylic acid groups (broad SMARTS) is 1. The lowest BCUT2D eigenvalue weighted by atomic mass is 9.75. The summed E-state index contributed by atoms with van der Waals surface area (Å²) in [5.74, 6) is -2.20. The maximum absolute atomic E-state index is 13.5. The van der Waals surface area contributed by atoms with Gasteiger partial charge in [0, 0.05) is 0 Å². The molecule has 7 heteroatoms. The van der Waals surface area contributed by atoms with E-state index in [-0.39, 0.29) is 11.3 Å². The van der Waals surface area contributed by atoms with Crippen molar-refractivity contribution in [2.75, 3.05) is 5.75 Å². The second-order valence-corrected chi connectivity index (χ2v) is 9.75. The fourth-order valence-corrected chi connectivity index (χ4v) is 4.90. The fourth-order valence-electron chi connectivity index (χ4n) is 3.55. The maximum atomic E-state index is 13.5. The van der Waals surface area contributed by atoms with Crippen LogP contribution in [0, 0.1) is 0 Å².